The monoisotopic (exact) mass is 511 g/mol. The quantitative estimate of drug-likeness (QED) is 0.327. The van der Waals surface area contributed by atoms with E-state index in [1.54, 1.807) is 48.5 Å². The lowest BCUT2D eigenvalue weighted by atomic mass is 10.1. The van der Waals surface area contributed by atoms with Crippen LogP contribution in [0, 0.1) is 17.1 Å². The van der Waals surface area contributed by atoms with Gasteiger partial charge in [0.25, 0.3) is 5.91 Å². The van der Waals surface area contributed by atoms with Gasteiger partial charge in [-0.3, -0.25) is 14.5 Å². The van der Waals surface area contributed by atoms with Crippen molar-refractivity contribution >= 4 is 58.2 Å². The summed E-state index contributed by atoms with van der Waals surface area (Å²) in [6, 6.07) is 21.2. The van der Waals surface area contributed by atoms with Gasteiger partial charge >= 0.3 is 0 Å². The van der Waals surface area contributed by atoms with Crippen molar-refractivity contribution in [2.75, 3.05) is 10.2 Å². The molecule has 1 fully saturated rings. The maximum Gasteiger partial charge on any atom is 0.269 e. The molecule has 5 nitrogen and oxygen atoms in total. The number of nitrogens with zero attached hydrogens (tertiary/aromatic N) is 2. The molecule has 0 radical (unpaired) electrons. The minimum atomic E-state index is -0.717. The molecule has 1 heterocycles. The van der Waals surface area contributed by atoms with E-state index in [2.05, 4.69) is 5.32 Å². The van der Waals surface area contributed by atoms with E-state index in [1.807, 2.05) is 6.07 Å². The molecule has 1 atom stereocenters. The van der Waals surface area contributed by atoms with Crippen LogP contribution in [0.15, 0.2) is 83.4 Å². The fourth-order valence-electron chi connectivity index (χ4n) is 3.41. The summed E-state index contributed by atoms with van der Waals surface area (Å²) in [6.45, 7) is 0. The number of amides is 2. The smallest absolute Gasteiger partial charge is 0.269 e. The molecule has 4 rings (SSSR count). The minimum absolute atomic E-state index is 0.210. The number of carbonyl (C=O) groups excluding carboxylic acids is 2. The molecule has 2 amide bonds. The average Bonchev–Trinajstić information content (AvgIpc) is 3.14. The molecule has 0 aromatic heterocycles. The predicted molar refractivity (Wildman–Crippen MR) is 133 cm³/mol. The molecule has 1 N–H and O–H groups in total. The summed E-state index contributed by atoms with van der Waals surface area (Å²) in [5.41, 5.74) is 1.30. The van der Waals surface area contributed by atoms with Gasteiger partial charge in [-0.2, -0.15) is 5.26 Å². The van der Waals surface area contributed by atoms with Gasteiger partial charge in [0, 0.05) is 10.7 Å². The average molecular weight is 512 g/mol. The van der Waals surface area contributed by atoms with Crippen LogP contribution in [0.4, 0.5) is 15.8 Å². The Hall–Kier alpha value is -3.31. The minimum Gasteiger partial charge on any atom is -0.320 e. The van der Waals surface area contributed by atoms with Crippen LogP contribution < -0.4 is 10.2 Å². The SMILES string of the molecule is N#C/C(C(=O)Nc1cc(Cl)ccc1Cl)=C1/S[C@H](Cc2ccc(F)cc2)C(=O)N1c1ccccc1. The first-order valence-electron chi connectivity index (χ1n) is 10.1. The van der Waals surface area contributed by atoms with Gasteiger partial charge in [-0.1, -0.05) is 65.3 Å². The van der Waals surface area contributed by atoms with Crippen LogP contribution in [0.2, 0.25) is 10.0 Å². The maximum absolute atomic E-state index is 13.4. The Morgan fingerprint density at radius 2 is 1.79 bits per heavy atom. The van der Waals surface area contributed by atoms with E-state index in [0.29, 0.717) is 17.1 Å². The number of rotatable bonds is 5. The number of benzene rings is 3. The number of hydrogen-bond acceptors (Lipinski definition) is 4. The molecular weight excluding hydrogens is 496 g/mol. The Morgan fingerprint density at radius 1 is 1.09 bits per heavy atom. The summed E-state index contributed by atoms with van der Waals surface area (Å²) in [6.07, 6.45) is 0.303. The van der Waals surface area contributed by atoms with E-state index in [9.17, 15) is 19.2 Å². The second kappa shape index (κ2) is 10.3. The van der Waals surface area contributed by atoms with Crippen LogP contribution in [0.5, 0.6) is 0 Å². The summed E-state index contributed by atoms with van der Waals surface area (Å²) in [4.78, 5) is 27.9. The first-order chi connectivity index (χ1) is 16.4. The zero-order valence-electron chi connectivity index (χ0n) is 17.5. The van der Waals surface area contributed by atoms with Crippen molar-refractivity contribution in [3.63, 3.8) is 0 Å². The first kappa shape index (κ1) is 23.8. The molecule has 0 spiro atoms. The summed E-state index contributed by atoms with van der Waals surface area (Å²) < 4.78 is 13.3. The molecule has 0 aliphatic carbocycles. The zero-order valence-corrected chi connectivity index (χ0v) is 19.8. The van der Waals surface area contributed by atoms with Gasteiger partial charge in [-0.25, -0.2) is 4.39 Å². The highest BCUT2D eigenvalue weighted by atomic mass is 35.5. The van der Waals surface area contributed by atoms with Gasteiger partial charge in [0.15, 0.2) is 0 Å². The van der Waals surface area contributed by atoms with Crippen molar-refractivity contribution in [1.29, 1.82) is 5.26 Å². The maximum atomic E-state index is 13.4. The zero-order chi connectivity index (χ0) is 24.2. The first-order valence-corrected chi connectivity index (χ1v) is 11.7. The highest BCUT2D eigenvalue weighted by Gasteiger charge is 2.40. The molecule has 1 aliphatic heterocycles. The van der Waals surface area contributed by atoms with E-state index in [1.165, 1.54) is 29.2 Å². The molecule has 170 valence electrons. The van der Waals surface area contributed by atoms with Crippen LogP contribution in [0.3, 0.4) is 0 Å². The van der Waals surface area contributed by atoms with Crippen LogP contribution in [-0.2, 0) is 16.0 Å². The molecular formula is C25H16Cl2FN3O2S. The number of halogens is 3. The van der Waals surface area contributed by atoms with E-state index >= 15 is 0 Å². The van der Waals surface area contributed by atoms with Gasteiger partial charge in [-0.15, -0.1) is 0 Å². The number of nitriles is 1. The third kappa shape index (κ3) is 5.10. The second-order valence-corrected chi connectivity index (χ2v) is 9.35. The number of nitrogens with one attached hydrogen (secondary N) is 1. The summed E-state index contributed by atoms with van der Waals surface area (Å²) in [5.74, 6) is -1.37. The van der Waals surface area contributed by atoms with Crippen molar-refractivity contribution in [2.24, 2.45) is 0 Å². The Morgan fingerprint density at radius 3 is 2.47 bits per heavy atom. The van der Waals surface area contributed by atoms with Crippen molar-refractivity contribution in [3.05, 3.63) is 105 Å². The lowest BCUT2D eigenvalue weighted by Crippen LogP contribution is -2.30. The third-order valence-corrected chi connectivity index (χ3v) is 6.86. The molecule has 34 heavy (non-hydrogen) atoms. The number of carbonyl (C=O) groups is 2. The van der Waals surface area contributed by atoms with Crippen LogP contribution in [0.1, 0.15) is 5.56 Å². The van der Waals surface area contributed by atoms with Crippen LogP contribution in [0.25, 0.3) is 0 Å². The number of para-hydroxylation sites is 1. The summed E-state index contributed by atoms with van der Waals surface area (Å²) in [5, 5.41) is 12.7. The Bertz CT molecular complexity index is 1320. The molecule has 0 bridgehead atoms. The Labute approximate surface area is 209 Å². The molecule has 1 saturated heterocycles. The lowest BCUT2D eigenvalue weighted by molar-refractivity contribution is -0.117. The molecule has 3 aromatic carbocycles. The number of thioether (sulfide) groups is 1. The molecule has 3 aromatic rings. The summed E-state index contributed by atoms with van der Waals surface area (Å²) >= 11 is 13.3. The van der Waals surface area contributed by atoms with Crippen LogP contribution in [-0.4, -0.2) is 17.1 Å². The predicted octanol–water partition coefficient (Wildman–Crippen LogP) is 6.20. The standard InChI is InChI=1S/C25H16Cl2FN3O2S/c26-16-8-11-20(27)21(13-16)30-23(32)19(14-29)25-31(18-4-2-1-3-5-18)24(33)22(34-25)12-15-6-9-17(28)10-7-15/h1-11,13,22H,12H2,(H,30,32)/b25-19-/t22-/m1/s1. The van der Waals surface area contributed by atoms with Crippen molar-refractivity contribution in [1.82, 2.24) is 0 Å². The fraction of sp³-hybridized carbons (Fsp3) is 0.0800. The van der Waals surface area contributed by atoms with E-state index in [0.717, 1.165) is 17.3 Å². The Kier molecular flexibility index (Phi) is 7.23. The van der Waals surface area contributed by atoms with Gasteiger partial charge < -0.3 is 5.32 Å². The highest BCUT2D eigenvalue weighted by molar-refractivity contribution is 8.05. The molecule has 9 heteroatoms. The Balaban J connectivity index is 1.72. The lowest BCUT2D eigenvalue weighted by Gasteiger charge is -2.18. The summed E-state index contributed by atoms with van der Waals surface area (Å²) in [7, 11) is 0. The largest absolute Gasteiger partial charge is 0.320 e. The van der Waals surface area contributed by atoms with Crippen molar-refractivity contribution < 1.29 is 14.0 Å². The van der Waals surface area contributed by atoms with Gasteiger partial charge in [-0.05, 0) is 54.4 Å². The van der Waals surface area contributed by atoms with E-state index in [4.69, 9.17) is 23.2 Å². The van der Waals surface area contributed by atoms with Gasteiger partial charge in [0.2, 0.25) is 5.91 Å². The third-order valence-electron chi connectivity index (χ3n) is 5.03. The topological polar surface area (TPSA) is 73.2 Å². The number of anilines is 2. The molecule has 1 aliphatic rings. The van der Waals surface area contributed by atoms with E-state index in [-0.39, 0.29) is 33.0 Å². The van der Waals surface area contributed by atoms with Gasteiger partial charge in [0.1, 0.15) is 22.5 Å². The molecule has 0 saturated carbocycles. The van der Waals surface area contributed by atoms with Gasteiger partial charge in [0.05, 0.1) is 16.0 Å². The second-order valence-electron chi connectivity index (χ2n) is 7.32. The number of hydrogen-bond donors (Lipinski definition) is 1. The van der Waals surface area contributed by atoms with Crippen LogP contribution >= 0.6 is 35.0 Å². The molecule has 0 unspecified atom stereocenters. The van der Waals surface area contributed by atoms with E-state index < -0.39 is 11.2 Å². The highest BCUT2D eigenvalue weighted by Crippen LogP contribution is 2.42. The normalized spacial score (nSPS) is 16.8. The van der Waals surface area contributed by atoms with Crippen molar-refractivity contribution in [2.45, 2.75) is 11.7 Å². The fourth-order valence-corrected chi connectivity index (χ4v) is 5.06. The van der Waals surface area contributed by atoms with Crippen molar-refractivity contribution in [3.8, 4) is 6.07 Å².